The summed E-state index contributed by atoms with van der Waals surface area (Å²) in [5.41, 5.74) is 0.475. The molecule has 1 amide bonds. The Hall–Kier alpha value is -2.30. The van der Waals surface area contributed by atoms with Crippen LogP contribution < -0.4 is 5.32 Å². The van der Waals surface area contributed by atoms with Gasteiger partial charge in [-0.2, -0.15) is 0 Å². The fourth-order valence-corrected chi connectivity index (χ4v) is 1.65. The first-order valence-corrected chi connectivity index (χ1v) is 5.75. The molecule has 3 nitrogen and oxygen atoms in total. The van der Waals surface area contributed by atoms with Crippen LogP contribution in [0.1, 0.15) is 29.0 Å². The van der Waals surface area contributed by atoms with E-state index in [1.54, 1.807) is 31.3 Å². The second kappa shape index (κ2) is 5.56. The predicted octanol–water partition coefficient (Wildman–Crippen LogP) is 2.85. The average Bonchev–Trinajstić information content (AvgIpc) is 2.39. The highest BCUT2D eigenvalue weighted by Gasteiger charge is 2.15. The summed E-state index contributed by atoms with van der Waals surface area (Å²) < 4.78 is 26.2. The van der Waals surface area contributed by atoms with Crippen LogP contribution in [0, 0.1) is 11.6 Å². The van der Waals surface area contributed by atoms with Gasteiger partial charge >= 0.3 is 0 Å². The summed E-state index contributed by atoms with van der Waals surface area (Å²) in [4.78, 5) is 16.0. The van der Waals surface area contributed by atoms with Gasteiger partial charge in [0.2, 0.25) is 0 Å². The number of carbonyl (C=O) groups is 1. The molecule has 0 saturated carbocycles. The Balaban J connectivity index is 2.13. The van der Waals surface area contributed by atoms with E-state index in [0.717, 1.165) is 12.1 Å². The molecule has 2 rings (SSSR count). The largest absolute Gasteiger partial charge is 0.344 e. The van der Waals surface area contributed by atoms with E-state index in [4.69, 9.17) is 0 Å². The van der Waals surface area contributed by atoms with Gasteiger partial charge in [0.25, 0.3) is 5.91 Å². The minimum atomic E-state index is -0.884. The Kier molecular flexibility index (Phi) is 3.85. The lowest BCUT2D eigenvalue weighted by molar-refractivity contribution is 0.0935. The second-order valence-corrected chi connectivity index (χ2v) is 4.07. The molecule has 98 valence electrons. The van der Waals surface area contributed by atoms with E-state index in [2.05, 4.69) is 10.3 Å². The quantitative estimate of drug-likeness (QED) is 0.924. The van der Waals surface area contributed by atoms with Crippen LogP contribution in [0.4, 0.5) is 8.78 Å². The normalized spacial score (nSPS) is 11.9. The molecule has 0 fully saturated rings. The van der Waals surface area contributed by atoms with Gasteiger partial charge in [0, 0.05) is 12.3 Å². The van der Waals surface area contributed by atoms with E-state index in [0.29, 0.717) is 11.8 Å². The molecule has 1 N–H and O–H groups in total. The second-order valence-electron chi connectivity index (χ2n) is 4.07. The maximum absolute atomic E-state index is 13.4. The van der Waals surface area contributed by atoms with E-state index >= 15 is 0 Å². The van der Waals surface area contributed by atoms with Crippen molar-refractivity contribution in [1.29, 1.82) is 0 Å². The Bertz CT molecular complexity index is 587. The molecule has 0 bridgehead atoms. The third kappa shape index (κ3) is 3.13. The molecular weight excluding hydrogens is 250 g/mol. The molecule has 0 aliphatic carbocycles. The summed E-state index contributed by atoms with van der Waals surface area (Å²) in [7, 11) is 0. The van der Waals surface area contributed by atoms with Crippen LogP contribution in [-0.4, -0.2) is 10.9 Å². The number of nitrogens with zero attached hydrogens (tertiary/aromatic N) is 1. The van der Waals surface area contributed by atoms with E-state index in [1.165, 1.54) is 0 Å². The molecule has 1 unspecified atom stereocenters. The lowest BCUT2D eigenvalue weighted by atomic mass is 10.1. The summed E-state index contributed by atoms with van der Waals surface area (Å²) in [6.07, 6.45) is 1.61. The third-order valence-corrected chi connectivity index (χ3v) is 2.65. The van der Waals surface area contributed by atoms with Crippen molar-refractivity contribution < 1.29 is 13.6 Å². The molecule has 0 radical (unpaired) electrons. The topological polar surface area (TPSA) is 42.0 Å². The van der Waals surface area contributed by atoms with E-state index < -0.39 is 17.5 Å². The number of aromatic nitrogens is 1. The van der Waals surface area contributed by atoms with Gasteiger partial charge < -0.3 is 5.32 Å². The van der Waals surface area contributed by atoms with E-state index in [9.17, 15) is 13.6 Å². The highest BCUT2D eigenvalue weighted by molar-refractivity contribution is 5.94. The van der Waals surface area contributed by atoms with Crippen molar-refractivity contribution in [1.82, 2.24) is 10.3 Å². The first kappa shape index (κ1) is 13.1. The van der Waals surface area contributed by atoms with E-state index in [-0.39, 0.29) is 11.6 Å². The zero-order valence-electron chi connectivity index (χ0n) is 10.2. The molecule has 1 atom stereocenters. The molecule has 1 aromatic carbocycles. The van der Waals surface area contributed by atoms with Gasteiger partial charge in [-0.25, -0.2) is 8.78 Å². The van der Waals surface area contributed by atoms with Gasteiger partial charge in [0.05, 0.1) is 17.3 Å². The first-order chi connectivity index (χ1) is 9.08. The summed E-state index contributed by atoms with van der Waals surface area (Å²) in [5.74, 6) is -2.20. The Morgan fingerprint density at radius 3 is 2.68 bits per heavy atom. The zero-order chi connectivity index (χ0) is 13.8. The zero-order valence-corrected chi connectivity index (χ0v) is 10.2. The molecular formula is C14H12F2N2O. The number of hydrogen-bond acceptors (Lipinski definition) is 2. The molecule has 0 aliphatic heterocycles. The maximum atomic E-state index is 13.4. The standard InChI is InChI=1S/C14H12F2N2O/c1-9(13-4-2-3-7-17-13)18-14(19)11-6-5-10(15)8-12(11)16/h2-9H,1H3,(H,18,19). The van der Waals surface area contributed by atoms with Gasteiger partial charge in [-0.3, -0.25) is 9.78 Å². The van der Waals surface area contributed by atoms with Gasteiger partial charge in [-0.1, -0.05) is 6.07 Å². The van der Waals surface area contributed by atoms with Crippen molar-refractivity contribution in [2.75, 3.05) is 0 Å². The maximum Gasteiger partial charge on any atom is 0.254 e. The first-order valence-electron chi connectivity index (χ1n) is 5.75. The minimum absolute atomic E-state index is 0.191. The molecule has 0 spiro atoms. The van der Waals surface area contributed by atoms with Crippen molar-refractivity contribution in [3.63, 3.8) is 0 Å². The summed E-state index contributed by atoms with van der Waals surface area (Å²) >= 11 is 0. The van der Waals surface area contributed by atoms with Crippen LogP contribution in [-0.2, 0) is 0 Å². The average molecular weight is 262 g/mol. The summed E-state index contributed by atoms with van der Waals surface area (Å²) in [5, 5.41) is 2.61. The van der Waals surface area contributed by atoms with Crippen molar-refractivity contribution >= 4 is 5.91 Å². The van der Waals surface area contributed by atoms with Crippen molar-refractivity contribution in [2.45, 2.75) is 13.0 Å². The monoisotopic (exact) mass is 262 g/mol. The van der Waals surface area contributed by atoms with Crippen LogP contribution in [0.2, 0.25) is 0 Å². The van der Waals surface area contributed by atoms with Gasteiger partial charge in [0.15, 0.2) is 0 Å². The van der Waals surface area contributed by atoms with Crippen LogP contribution in [0.5, 0.6) is 0 Å². The molecule has 19 heavy (non-hydrogen) atoms. The summed E-state index contributed by atoms with van der Waals surface area (Å²) in [6.45, 7) is 1.74. The number of benzene rings is 1. The Morgan fingerprint density at radius 1 is 1.26 bits per heavy atom. The number of hydrogen-bond donors (Lipinski definition) is 1. The Labute approximate surface area is 109 Å². The Morgan fingerprint density at radius 2 is 2.05 bits per heavy atom. The SMILES string of the molecule is CC(NC(=O)c1ccc(F)cc1F)c1ccccn1. The molecule has 2 aromatic rings. The van der Waals surface area contributed by atoms with Gasteiger partial charge in [-0.15, -0.1) is 0 Å². The smallest absolute Gasteiger partial charge is 0.254 e. The number of nitrogens with one attached hydrogen (secondary N) is 1. The van der Waals surface area contributed by atoms with Crippen LogP contribution in [0.25, 0.3) is 0 Å². The number of rotatable bonds is 3. The number of amides is 1. The van der Waals surface area contributed by atoms with Crippen LogP contribution >= 0.6 is 0 Å². The van der Waals surface area contributed by atoms with Crippen molar-refractivity contribution in [3.8, 4) is 0 Å². The van der Waals surface area contributed by atoms with E-state index in [1.807, 2.05) is 0 Å². The lowest BCUT2D eigenvalue weighted by Gasteiger charge is -2.13. The minimum Gasteiger partial charge on any atom is -0.344 e. The predicted molar refractivity (Wildman–Crippen MR) is 66.5 cm³/mol. The fraction of sp³-hybridized carbons (Fsp3) is 0.143. The highest BCUT2D eigenvalue weighted by Crippen LogP contribution is 2.13. The van der Waals surface area contributed by atoms with Gasteiger partial charge in [-0.05, 0) is 31.2 Å². The number of pyridine rings is 1. The van der Waals surface area contributed by atoms with Crippen molar-refractivity contribution in [3.05, 3.63) is 65.5 Å². The number of carbonyl (C=O) groups excluding carboxylic acids is 1. The molecule has 1 aromatic heterocycles. The number of halogens is 2. The van der Waals surface area contributed by atoms with Crippen LogP contribution in [0.15, 0.2) is 42.6 Å². The molecule has 1 heterocycles. The third-order valence-electron chi connectivity index (χ3n) is 2.65. The molecule has 5 heteroatoms. The van der Waals surface area contributed by atoms with Crippen LogP contribution in [0.3, 0.4) is 0 Å². The summed E-state index contributed by atoms with van der Waals surface area (Å²) in [6, 6.07) is 7.79. The lowest BCUT2D eigenvalue weighted by Crippen LogP contribution is -2.28. The fourth-order valence-electron chi connectivity index (χ4n) is 1.65. The van der Waals surface area contributed by atoms with Gasteiger partial charge in [0.1, 0.15) is 11.6 Å². The molecule has 0 saturated heterocycles. The highest BCUT2D eigenvalue weighted by atomic mass is 19.1. The molecule has 0 aliphatic rings. The van der Waals surface area contributed by atoms with Crippen molar-refractivity contribution in [2.24, 2.45) is 0 Å².